The number of ether oxygens (including phenoxy) is 1. The number of fused-ring (bicyclic) bond motifs is 1. The van der Waals surface area contributed by atoms with Crippen LogP contribution in [0.3, 0.4) is 0 Å². The van der Waals surface area contributed by atoms with Crippen LogP contribution in [-0.2, 0) is 6.54 Å². The Morgan fingerprint density at radius 3 is 2.89 bits per heavy atom. The maximum atomic E-state index is 13.5. The van der Waals surface area contributed by atoms with Gasteiger partial charge in [0, 0.05) is 29.9 Å². The zero-order valence-electron chi connectivity index (χ0n) is 20.2. The number of benzene rings is 2. The van der Waals surface area contributed by atoms with Gasteiger partial charge in [0.05, 0.1) is 24.9 Å². The molecule has 1 aliphatic heterocycles. The molecule has 3 heterocycles. The maximum Gasteiger partial charge on any atom is 0.266 e. The number of hydrogen-bond donors (Lipinski definition) is 2. The van der Waals surface area contributed by atoms with Crippen LogP contribution in [0.25, 0.3) is 10.9 Å². The number of pyridine rings is 1. The van der Waals surface area contributed by atoms with Crippen molar-refractivity contribution in [1.29, 1.82) is 0 Å². The van der Waals surface area contributed by atoms with Gasteiger partial charge in [-0.1, -0.05) is 17.9 Å². The van der Waals surface area contributed by atoms with Gasteiger partial charge >= 0.3 is 0 Å². The zero-order valence-corrected chi connectivity index (χ0v) is 20.2. The van der Waals surface area contributed by atoms with E-state index in [4.69, 9.17) is 4.74 Å². The van der Waals surface area contributed by atoms with Gasteiger partial charge in [-0.2, -0.15) is 0 Å². The van der Waals surface area contributed by atoms with Gasteiger partial charge in [-0.15, -0.1) is 0 Å². The molecule has 0 bridgehead atoms. The third-order valence-electron chi connectivity index (χ3n) is 6.06. The molecule has 5 rings (SSSR count). The van der Waals surface area contributed by atoms with Gasteiger partial charge in [-0.3, -0.25) is 19.1 Å². The summed E-state index contributed by atoms with van der Waals surface area (Å²) >= 11 is 0. The molecule has 1 amide bonds. The first-order valence-corrected chi connectivity index (χ1v) is 12.0. The summed E-state index contributed by atoms with van der Waals surface area (Å²) in [6.45, 7) is 1.66. The second kappa shape index (κ2) is 11.2. The number of halogens is 2. The van der Waals surface area contributed by atoms with Crippen molar-refractivity contribution < 1.29 is 18.3 Å². The highest BCUT2D eigenvalue weighted by atomic mass is 19.2. The Kier molecular flexibility index (Phi) is 7.38. The summed E-state index contributed by atoms with van der Waals surface area (Å²) in [7, 11) is 0. The number of nitrogens with zero attached hydrogens (tertiary/aromatic N) is 3. The fourth-order valence-corrected chi connectivity index (χ4v) is 4.13. The van der Waals surface area contributed by atoms with Crippen LogP contribution in [0.2, 0.25) is 0 Å². The summed E-state index contributed by atoms with van der Waals surface area (Å²) in [6, 6.07) is 10.8. The Morgan fingerprint density at radius 1 is 1.18 bits per heavy atom. The number of rotatable bonds is 6. The van der Waals surface area contributed by atoms with Crippen LogP contribution in [0.1, 0.15) is 27.9 Å². The van der Waals surface area contributed by atoms with E-state index < -0.39 is 23.1 Å². The fourth-order valence-electron chi connectivity index (χ4n) is 4.13. The minimum absolute atomic E-state index is 0.00147. The predicted molar refractivity (Wildman–Crippen MR) is 137 cm³/mol. The quantitative estimate of drug-likeness (QED) is 0.383. The van der Waals surface area contributed by atoms with Crippen molar-refractivity contribution in [2.24, 2.45) is 0 Å². The molecule has 192 valence electrons. The molecule has 38 heavy (non-hydrogen) atoms. The normalized spacial score (nSPS) is 14.6. The first kappa shape index (κ1) is 25.0. The van der Waals surface area contributed by atoms with Crippen LogP contribution in [0, 0.1) is 23.5 Å². The number of amides is 1. The topological polar surface area (TPSA) is 98.1 Å². The van der Waals surface area contributed by atoms with Crippen molar-refractivity contribution in [1.82, 2.24) is 25.2 Å². The zero-order chi connectivity index (χ0) is 26.5. The average molecular weight is 516 g/mol. The summed E-state index contributed by atoms with van der Waals surface area (Å²) < 4.78 is 34.0. The van der Waals surface area contributed by atoms with Crippen LogP contribution in [0.15, 0.2) is 66.0 Å². The number of hydrogen-bond acceptors (Lipinski definition) is 6. The van der Waals surface area contributed by atoms with Gasteiger partial charge < -0.3 is 15.4 Å². The molecule has 2 aromatic carbocycles. The van der Waals surface area contributed by atoms with E-state index in [1.807, 2.05) is 24.3 Å². The molecule has 0 radical (unpaired) electrons. The minimum Gasteiger partial charge on any atom is -0.488 e. The van der Waals surface area contributed by atoms with Crippen molar-refractivity contribution in [3.63, 3.8) is 0 Å². The molecule has 4 aromatic rings. The number of carbonyl (C=O) groups excluding carboxylic acids is 1. The summed E-state index contributed by atoms with van der Waals surface area (Å²) in [5.41, 5.74) is 1.09. The Bertz CT molecular complexity index is 1620. The number of nitrogens with one attached hydrogen (secondary N) is 2. The Hall–Kier alpha value is -4.62. The predicted octanol–water partition coefficient (Wildman–Crippen LogP) is 2.64. The monoisotopic (exact) mass is 515 g/mol. The van der Waals surface area contributed by atoms with Crippen molar-refractivity contribution in [2.75, 3.05) is 19.6 Å². The van der Waals surface area contributed by atoms with Gasteiger partial charge in [0.2, 0.25) is 0 Å². The van der Waals surface area contributed by atoms with E-state index in [2.05, 4.69) is 32.4 Å². The largest absolute Gasteiger partial charge is 0.488 e. The SMILES string of the molecule is O=C(NCC#Cc1ccc2nccc(O[C@H]3CCNC3)c2c1)c1cncn(Cc2ccc(F)c(F)c2)c1=O. The number of carbonyl (C=O) groups is 1. The van der Waals surface area contributed by atoms with Gasteiger partial charge in [0.25, 0.3) is 11.5 Å². The third-order valence-corrected chi connectivity index (χ3v) is 6.06. The van der Waals surface area contributed by atoms with Gasteiger partial charge in [-0.25, -0.2) is 13.8 Å². The lowest BCUT2D eigenvalue weighted by molar-refractivity contribution is 0.0956. The molecule has 0 unspecified atom stereocenters. The molecule has 0 aliphatic carbocycles. The second-order valence-electron chi connectivity index (χ2n) is 8.75. The molecule has 1 saturated heterocycles. The molecule has 2 aromatic heterocycles. The van der Waals surface area contributed by atoms with Crippen LogP contribution in [0.4, 0.5) is 8.78 Å². The second-order valence-corrected chi connectivity index (χ2v) is 8.75. The van der Waals surface area contributed by atoms with Crippen LogP contribution >= 0.6 is 0 Å². The number of aromatic nitrogens is 3. The molecule has 8 nitrogen and oxygen atoms in total. The molecule has 0 spiro atoms. The molecule has 2 N–H and O–H groups in total. The lowest BCUT2D eigenvalue weighted by Gasteiger charge is -2.14. The fraction of sp³-hybridized carbons (Fsp3) is 0.214. The van der Waals surface area contributed by atoms with Gasteiger partial charge in [-0.05, 0) is 54.9 Å². The molecule has 1 atom stereocenters. The Labute approximate surface area is 216 Å². The summed E-state index contributed by atoms with van der Waals surface area (Å²) in [6.07, 6.45) is 5.15. The van der Waals surface area contributed by atoms with E-state index in [9.17, 15) is 18.4 Å². The van der Waals surface area contributed by atoms with E-state index in [0.29, 0.717) is 5.56 Å². The standard InChI is InChI=1S/C28H23F2N5O3/c29-23-5-3-19(13-24(23)30)16-35-17-32-15-22(28(35)37)27(36)34-9-1-2-18-4-6-25-21(12-18)26(8-11-33-25)38-20-7-10-31-14-20/h3-6,8,11-13,15,17,20,31H,7,9-10,14,16H2,(H,34,36)/t20-/m0/s1. The molecule has 1 aliphatic rings. The highest BCUT2D eigenvalue weighted by molar-refractivity contribution is 5.93. The smallest absolute Gasteiger partial charge is 0.266 e. The van der Waals surface area contributed by atoms with Crippen LogP contribution < -0.4 is 20.9 Å². The molecule has 10 heteroatoms. The van der Waals surface area contributed by atoms with E-state index in [1.54, 1.807) is 6.20 Å². The van der Waals surface area contributed by atoms with Crippen molar-refractivity contribution in [3.8, 4) is 17.6 Å². The molecule has 0 saturated carbocycles. The van der Waals surface area contributed by atoms with Gasteiger partial charge in [0.15, 0.2) is 11.6 Å². The van der Waals surface area contributed by atoms with E-state index in [1.165, 1.54) is 12.4 Å². The molecular formula is C28H23F2N5O3. The molecule has 1 fully saturated rings. The average Bonchev–Trinajstić information content (AvgIpc) is 3.43. The third kappa shape index (κ3) is 5.68. The Morgan fingerprint density at radius 2 is 2.08 bits per heavy atom. The maximum absolute atomic E-state index is 13.5. The Balaban J connectivity index is 1.25. The van der Waals surface area contributed by atoms with Crippen molar-refractivity contribution >= 4 is 16.8 Å². The van der Waals surface area contributed by atoms with E-state index in [-0.39, 0.29) is 24.8 Å². The highest BCUT2D eigenvalue weighted by Crippen LogP contribution is 2.26. The summed E-state index contributed by atoms with van der Waals surface area (Å²) in [4.78, 5) is 33.6. The minimum atomic E-state index is -1.02. The van der Waals surface area contributed by atoms with E-state index >= 15 is 0 Å². The first-order chi connectivity index (χ1) is 18.5. The summed E-state index contributed by atoms with van der Waals surface area (Å²) in [5, 5.41) is 6.73. The van der Waals surface area contributed by atoms with E-state index in [0.717, 1.165) is 64.6 Å². The van der Waals surface area contributed by atoms with Crippen LogP contribution in [-0.4, -0.2) is 46.2 Å². The first-order valence-electron chi connectivity index (χ1n) is 12.0. The molecular weight excluding hydrogens is 492 g/mol. The van der Waals surface area contributed by atoms with Crippen LogP contribution in [0.5, 0.6) is 5.75 Å². The highest BCUT2D eigenvalue weighted by Gasteiger charge is 2.17. The van der Waals surface area contributed by atoms with Crippen molar-refractivity contribution in [3.05, 3.63) is 99.9 Å². The summed E-state index contributed by atoms with van der Waals surface area (Å²) in [5.74, 6) is 4.00. The van der Waals surface area contributed by atoms with Crippen molar-refractivity contribution in [2.45, 2.75) is 19.1 Å². The van der Waals surface area contributed by atoms with Gasteiger partial charge in [0.1, 0.15) is 17.4 Å². The lowest BCUT2D eigenvalue weighted by Crippen LogP contribution is -2.33. The lowest BCUT2D eigenvalue weighted by atomic mass is 10.1.